The molecular formula is C21H21F3N4O3. The van der Waals surface area contributed by atoms with E-state index in [2.05, 4.69) is 10.6 Å². The number of halogens is 3. The van der Waals surface area contributed by atoms with Gasteiger partial charge in [0.1, 0.15) is 0 Å². The molecule has 10 heteroatoms. The number of hydrogen-bond acceptors (Lipinski definition) is 3. The van der Waals surface area contributed by atoms with E-state index in [0.717, 1.165) is 12.1 Å². The number of amides is 4. The second-order valence-corrected chi connectivity index (χ2v) is 7.20. The summed E-state index contributed by atoms with van der Waals surface area (Å²) in [5.41, 5.74) is 4.94. The Morgan fingerprint density at radius 2 is 1.55 bits per heavy atom. The maximum atomic E-state index is 12.8. The van der Waals surface area contributed by atoms with Crippen LogP contribution in [0, 0.1) is 5.92 Å². The molecule has 0 radical (unpaired) electrons. The van der Waals surface area contributed by atoms with Gasteiger partial charge in [0.05, 0.1) is 5.56 Å². The van der Waals surface area contributed by atoms with Crippen molar-refractivity contribution >= 4 is 29.2 Å². The lowest BCUT2D eigenvalue weighted by Gasteiger charge is -2.29. The number of carbonyl (C=O) groups excluding carboxylic acids is 3. The summed E-state index contributed by atoms with van der Waals surface area (Å²) in [6.45, 7) is 0.791. The molecular weight excluding hydrogens is 413 g/mol. The first-order chi connectivity index (χ1) is 14.6. The molecule has 0 aliphatic carbocycles. The maximum absolute atomic E-state index is 12.8. The summed E-state index contributed by atoms with van der Waals surface area (Å²) < 4.78 is 38.5. The van der Waals surface area contributed by atoms with E-state index < -0.39 is 23.7 Å². The summed E-state index contributed by atoms with van der Waals surface area (Å²) in [6.07, 6.45) is -3.56. The maximum Gasteiger partial charge on any atom is 0.416 e. The Bertz CT molecular complexity index is 986. The lowest BCUT2D eigenvalue weighted by Crippen LogP contribution is -2.43. The fourth-order valence-corrected chi connectivity index (χ4v) is 3.32. The Hall–Kier alpha value is -3.56. The van der Waals surface area contributed by atoms with E-state index in [9.17, 15) is 27.6 Å². The number of piperidine rings is 1. The average Bonchev–Trinajstić information content (AvgIpc) is 2.73. The van der Waals surface area contributed by atoms with Crippen LogP contribution in [0.2, 0.25) is 0 Å². The van der Waals surface area contributed by atoms with Gasteiger partial charge in [-0.2, -0.15) is 13.2 Å². The van der Waals surface area contributed by atoms with Crippen LogP contribution in [-0.4, -0.2) is 35.8 Å². The minimum absolute atomic E-state index is 0.00970. The third-order valence-electron chi connectivity index (χ3n) is 5.02. The quantitative estimate of drug-likeness (QED) is 0.684. The lowest BCUT2D eigenvalue weighted by molar-refractivity contribution is -0.137. The van der Waals surface area contributed by atoms with Crippen molar-refractivity contribution < 1.29 is 27.6 Å². The number of nitrogens with zero attached hydrogens (tertiary/aromatic N) is 1. The van der Waals surface area contributed by atoms with Gasteiger partial charge in [0.25, 0.3) is 5.91 Å². The van der Waals surface area contributed by atoms with E-state index >= 15 is 0 Å². The van der Waals surface area contributed by atoms with Gasteiger partial charge in [-0.3, -0.25) is 9.59 Å². The summed E-state index contributed by atoms with van der Waals surface area (Å²) in [7, 11) is 0. The van der Waals surface area contributed by atoms with Crippen LogP contribution in [0.3, 0.4) is 0 Å². The molecule has 0 aromatic heterocycles. The number of urea groups is 1. The predicted octanol–water partition coefficient (Wildman–Crippen LogP) is 3.69. The summed E-state index contributed by atoms with van der Waals surface area (Å²) in [5.74, 6) is -1.14. The zero-order valence-electron chi connectivity index (χ0n) is 16.4. The van der Waals surface area contributed by atoms with E-state index in [1.165, 1.54) is 29.2 Å². The number of likely N-dealkylation sites (tertiary alicyclic amines) is 1. The van der Waals surface area contributed by atoms with Crippen LogP contribution in [-0.2, 0) is 11.0 Å². The van der Waals surface area contributed by atoms with E-state index in [1.54, 1.807) is 12.1 Å². The van der Waals surface area contributed by atoms with Crippen molar-refractivity contribution in [2.24, 2.45) is 11.7 Å². The molecule has 0 saturated carbocycles. The second-order valence-electron chi connectivity index (χ2n) is 7.20. The van der Waals surface area contributed by atoms with Crippen LogP contribution in [0.25, 0.3) is 0 Å². The molecule has 31 heavy (non-hydrogen) atoms. The zero-order valence-corrected chi connectivity index (χ0v) is 16.4. The Kier molecular flexibility index (Phi) is 6.47. The highest BCUT2D eigenvalue weighted by atomic mass is 19.4. The molecule has 4 amide bonds. The van der Waals surface area contributed by atoms with Crippen molar-refractivity contribution in [1.82, 2.24) is 4.90 Å². The largest absolute Gasteiger partial charge is 0.416 e. The number of carbonyl (C=O) groups is 3. The van der Waals surface area contributed by atoms with Gasteiger partial charge in [0.15, 0.2) is 0 Å². The number of hydrogen-bond donors (Lipinski definition) is 3. The number of benzene rings is 2. The van der Waals surface area contributed by atoms with Gasteiger partial charge in [-0.25, -0.2) is 4.79 Å². The molecule has 7 nitrogen and oxygen atoms in total. The fraction of sp³-hybridized carbons (Fsp3) is 0.286. The highest BCUT2D eigenvalue weighted by Crippen LogP contribution is 2.30. The minimum Gasteiger partial charge on any atom is -0.351 e. The van der Waals surface area contributed by atoms with Gasteiger partial charge in [0, 0.05) is 35.9 Å². The first-order valence-corrected chi connectivity index (χ1v) is 9.57. The number of anilines is 2. The molecule has 1 fully saturated rings. The Morgan fingerprint density at radius 1 is 0.935 bits per heavy atom. The standard InChI is InChI=1S/C21H21F3N4O3/c22-21(23,24)15-4-2-6-17(12-15)27-19(30)14-3-1-5-16(11-14)26-18(29)13-7-9-28(10-8-13)20(25)31/h1-6,11-13H,7-10H2,(H2,25,31)(H,26,29)(H,27,30). The third kappa shape index (κ3) is 5.74. The Morgan fingerprint density at radius 3 is 2.16 bits per heavy atom. The molecule has 0 spiro atoms. The third-order valence-corrected chi connectivity index (χ3v) is 5.02. The second kappa shape index (κ2) is 9.07. The minimum atomic E-state index is -4.52. The first kappa shape index (κ1) is 22.1. The molecule has 1 heterocycles. The zero-order chi connectivity index (χ0) is 22.6. The Labute approximate surface area is 176 Å². The van der Waals surface area contributed by atoms with Gasteiger partial charge in [-0.1, -0.05) is 12.1 Å². The average molecular weight is 434 g/mol. The fourth-order valence-electron chi connectivity index (χ4n) is 3.32. The van der Waals surface area contributed by atoms with Crippen molar-refractivity contribution in [3.8, 4) is 0 Å². The van der Waals surface area contributed by atoms with E-state index in [1.807, 2.05) is 0 Å². The molecule has 2 aromatic rings. The van der Waals surface area contributed by atoms with Gasteiger partial charge < -0.3 is 21.3 Å². The van der Waals surface area contributed by atoms with Crippen LogP contribution < -0.4 is 16.4 Å². The van der Waals surface area contributed by atoms with E-state index in [4.69, 9.17) is 5.73 Å². The van der Waals surface area contributed by atoms with Gasteiger partial charge in [-0.05, 0) is 49.2 Å². The molecule has 1 saturated heterocycles. The molecule has 1 aliphatic rings. The lowest BCUT2D eigenvalue weighted by atomic mass is 9.96. The normalized spacial score (nSPS) is 14.7. The number of rotatable bonds is 4. The number of primary amides is 1. The highest BCUT2D eigenvalue weighted by molar-refractivity contribution is 6.05. The number of nitrogens with two attached hydrogens (primary N) is 1. The van der Waals surface area contributed by atoms with Crippen molar-refractivity contribution in [2.75, 3.05) is 23.7 Å². The highest BCUT2D eigenvalue weighted by Gasteiger charge is 2.30. The molecule has 1 aliphatic heterocycles. The smallest absolute Gasteiger partial charge is 0.351 e. The van der Waals surface area contributed by atoms with Crippen LogP contribution in [0.15, 0.2) is 48.5 Å². The molecule has 4 N–H and O–H groups in total. The molecule has 2 aromatic carbocycles. The molecule has 0 atom stereocenters. The van der Waals surface area contributed by atoms with Gasteiger partial charge in [0.2, 0.25) is 5.91 Å². The van der Waals surface area contributed by atoms with Crippen LogP contribution in [0.4, 0.5) is 29.3 Å². The van der Waals surface area contributed by atoms with Crippen molar-refractivity contribution in [2.45, 2.75) is 19.0 Å². The van der Waals surface area contributed by atoms with Crippen LogP contribution in [0.5, 0.6) is 0 Å². The SMILES string of the molecule is NC(=O)N1CCC(C(=O)Nc2cccc(C(=O)Nc3cccc(C(F)(F)F)c3)c2)CC1. The molecule has 3 rings (SSSR count). The van der Waals surface area contributed by atoms with Gasteiger partial charge >= 0.3 is 12.2 Å². The predicted molar refractivity (Wildman–Crippen MR) is 108 cm³/mol. The van der Waals surface area contributed by atoms with Crippen LogP contribution >= 0.6 is 0 Å². The number of alkyl halides is 3. The summed E-state index contributed by atoms with van der Waals surface area (Å²) in [5, 5.41) is 5.17. The van der Waals surface area contributed by atoms with E-state index in [0.29, 0.717) is 31.6 Å². The Balaban J connectivity index is 1.63. The van der Waals surface area contributed by atoms with E-state index in [-0.39, 0.29) is 23.1 Å². The summed E-state index contributed by atoms with van der Waals surface area (Å²) in [4.78, 5) is 37.6. The summed E-state index contributed by atoms with van der Waals surface area (Å²) in [6, 6.07) is 9.92. The first-order valence-electron chi connectivity index (χ1n) is 9.57. The van der Waals surface area contributed by atoms with Gasteiger partial charge in [-0.15, -0.1) is 0 Å². The molecule has 0 unspecified atom stereocenters. The monoisotopic (exact) mass is 434 g/mol. The topological polar surface area (TPSA) is 105 Å². The van der Waals surface area contributed by atoms with Crippen molar-refractivity contribution in [1.29, 1.82) is 0 Å². The molecule has 164 valence electrons. The van der Waals surface area contributed by atoms with Crippen molar-refractivity contribution in [3.63, 3.8) is 0 Å². The summed E-state index contributed by atoms with van der Waals surface area (Å²) >= 11 is 0. The van der Waals surface area contributed by atoms with Crippen molar-refractivity contribution in [3.05, 3.63) is 59.7 Å². The van der Waals surface area contributed by atoms with Crippen LogP contribution in [0.1, 0.15) is 28.8 Å². The molecule has 0 bridgehead atoms. The number of nitrogens with one attached hydrogen (secondary N) is 2.